The first-order chi connectivity index (χ1) is 15.1. The number of anilines is 1. The summed E-state index contributed by atoms with van der Waals surface area (Å²) in [5, 5.41) is 0.632. The van der Waals surface area contributed by atoms with Crippen molar-refractivity contribution in [1.29, 1.82) is 0 Å². The number of aromatic nitrogens is 2. The van der Waals surface area contributed by atoms with E-state index in [-0.39, 0.29) is 5.91 Å². The van der Waals surface area contributed by atoms with Crippen LogP contribution in [-0.2, 0) is 11.3 Å². The number of rotatable bonds is 4. The van der Waals surface area contributed by atoms with Gasteiger partial charge in [-0.15, -0.1) is 0 Å². The number of nitrogens with zero attached hydrogens (tertiary/aromatic N) is 3. The number of para-hydroxylation sites is 3. The number of aryl methyl sites for hydroxylation is 1. The molecule has 3 heterocycles. The van der Waals surface area contributed by atoms with Crippen LogP contribution in [0.3, 0.4) is 0 Å². The molecule has 2 atom stereocenters. The summed E-state index contributed by atoms with van der Waals surface area (Å²) in [5.41, 5.74) is 2.90. The molecule has 1 aliphatic heterocycles. The third-order valence-corrected chi connectivity index (χ3v) is 6.30. The second kappa shape index (κ2) is 8.00. The second-order valence-corrected chi connectivity index (χ2v) is 8.52. The van der Waals surface area contributed by atoms with Crippen molar-refractivity contribution in [1.82, 2.24) is 9.97 Å². The highest BCUT2D eigenvalue weighted by Gasteiger charge is 2.38. The molecule has 0 N–H and O–H groups in total. The number of thiazole rings is 1. The Morgan fingerprint density at radius 2 is 1.87 bits per heavy atom. The average Bonchev–Trinajstić information content (AvgIpc) is 3.23. The Hall–Kier alpha value is -3.45. The average molecular weight is 432 g/mol. The maximum atomic E-state index is 13.8. The molecule has 1 amide bonds. The predicted molar refractivity (Wildman–Crippen MR) is 121 cm³/mol. The first kappa shape index (κ1) is 19.5. The fourth-order valence-corrected chi connectivity index (χ4v) is 4.70. The molecule has 0 radical (unpaired) electrons. The summed E-state index contributed by atoms with van der Waals surface area (Å²) < 4.78 is 13.1. The number of carbonyl (C=O) groups is 1. The summed E-state index contributed by atoms with van der Waals surface area (Å²) in [5.74, 6) is 1.02. The van der Waals surface area contributed by atoms with Crippen LogP contribution in [0.15, 0.2) is 67.0 Å². The number of amides is 1. The van der Waals surface area contributed by atoms with Crippen LogP contribution in [0.1, 0.15) is 18.1 Å². The van der Waals surface area contributed by atoms with E-state index in [0.717, 1.165) is 21.3 Å². The molecule has 0 saturated carbocycles. The highest BCUT2D eigenvalue weighted by Crippen LogP contribution is 2.36. The molecule has 31 heavy (non-hydrogen) atoms. The number of carbonyl (C=O) groups excluding carboxylic acids is 1. The summed E-state index contributed by atoms with van der Waals surface area (Å²) in [7, 11) is 0. The van der Waals surface area contributed by atoms with Gasteiger partial charge in [-0.3, -0.25) is 14.7 Å². The lowest BCUT2D eigenvalue weighted by atomic mass is 10.1. The zero-order valence-electron chi connectivity index (χ0n) is 17.2. The van der Waals surface area contributed by atoms with Crippen LogP contribution in [-0.4, -0.2) is 28.1 Å². The third kappa shape index (κ3) is 3.72. The number of benzene rings is 2. The van der Waals surface area contributed by atoms with Crippen molar-refractivity contribution in [2.75, 3.05) is 4.90 Å². The summed E-state index contributed by atoms with van der Waals surface area (Å²) in [4.78, 5) is 24.4. The van der Waals surface area contributed by atoms with Crippen molar-refractivity contribution in [3.63, 3.8) is 0 Å². The van der Waals surface area contributed by atoms with E-state index in [4.69, 9.17) is 14.5 Å². The Balaban J connectivity index is 1.53. The smallest absolute Gasteiger partial charge is 0.274 e. The molecule has 0 spiro atoms. The molecule has 1 aliphatic rings. The first-order valence-corrected chi connectivity index (χ1v) is 10.9. The predicted octanol–water partition coefficient (Wildman–Crippen LogP) is 4.76. The minimum absolute atomic E-state index is 0.192. The van der Waals surface area contributed by atoms with Gasteiger partial charge in [-0.2, -0.15) is 0 Å². The van der Waals surface area contributed by atoms with Crippen molar-refractivity contribution < 1.29 is 14.3 Å². The Labute approximate surface area is 184 Å². The fraction of sp³-hybridized carbons (Fsp3) is 0.208. The highest BCUT2D eigenvalue weighted by molar-refractivity contribution is 7.22. The van der Waals surface area contributed by atoms with E-state index in [1.807, 2.05) is 68.4 Å². The molecular weight excluding hydrogens is 410 g/mol. The minimum Gasteiger partial charge on any atom is -0.482 e. The number of pyridine rings is 1. The van der Waals surface area contributed by atoms with E-state index in [1.54, 1.807) is 17.3 Å². The van der Waals surface area contributed by atoms with Gasteiger partial charge in [0.15, 0.2) is 16.6 Å². The van der Waals surface area contributed by atoms with Gasteiger partial charge in [-0.25, -0.2) is 4.98 Å². The largest absolute Gasteiger partial charge is 0.482 e. The van der Waals surface area contributed by atoms with Gasteiger partial charge in [0.2, 0.25) is 6.10 Å². The fourth-order valence-electron chi connectivity index (χ4n) is 3.65. The van der Waals surface area contributed by atoms with Crippen LogP contribution in [0.25, 0.3) is 10.2 Å². The molecule has 2 unspecified atom stereocenters. The molecule has 156 valence electrons. The molecule has 2 aromatic heterocycles. The maximum absolute atomic E-state index is 13.8. The summed E-state index contributed by atoms with van der Waals surface area (Å²) in [6.45, 7) is 4.22. The molecule has 0 fully saturated rings. The number of hydrogen-bond acceptors (Lipinski definition) is 6. The van der Waals surface area contributed by atoms with Gasteiger partial charge >= 0.3 is 0 Å². The van der Waals surface area contributed by atoms with E-state index in [2.05, 4.69) is 4.98 Å². The molecule has 0 aliphatic carbocycles. The Kier molecular flexibility index (Phi) is 5.03. The van der Waals surface area contributed by atoms with E-state index < -0.39 is 12.2 Å². The van der Waals surface area contributed by atoms with Crippen molar-refractivity contribution in [2.24, 2.45) is 0 Å². The van der Waals surface area contributed by atoms with Gasteiger partial charge in [0.25, 0.3) is 5.91 Å². The Bertz CT molecular complexity index is 1240. The van der Waals surface area contributed by atoms with Crippen molar-refractivity contribution in [3.05, 3.63) is 78.1 Å². The van der Waals surface area contributed by atoms with Gasteiger partial charge in [0, 0.05) is 12.4 Å². The zero-order valence-corrected chi connectivity index (χ0v) is 18.0. The summed E-state index contributed by atoms with van der Waals surface area (Å²) >= 11 is 1.50. The SMILES string of the molecule is Cc1cccc2sc(N(Cc3cccnc3)C(=O)C3Oc4ccccc4OC3C)nc12. The monoisotopic (exact) mass is 431 g/mol. The lowest BCUT2D eigenvalue weighted by Crippen LogP contribution is -2.50. The second-order valence-electron chi connectivity index (χ2n) is 7.51. The number of hydrogen-bond donors (Lipinski definition) is 0. The van der Waals surface area contributed by atoms with Crippen molar-refractivity contribution >= 4 is 32.6 Å². The van der Waals surface area contributed by atoms with Gasteiger partial charge in [-0.1, -0.05) is 41.7 Å². The van der Waals surface area contributed by atoms with Crippen LogP contribution >= 0.6 is 11.3 Å². The van der Waals surface area contributed by atoms with Crippen LogP contribution in [0.4, 0.5) is 5.13 Å². The molecular formula is C24H21N3O3S. The lowest BCUT2D eigenvalue weighted by Gasteiger charge is -2.33. The molecule has 2 aromatic carbocycles. The summed E-state index contributed by atoms with van der Waals surface area (Å²) in [6, 6.07) is 17.3. The molecule has 5 rings (SSSR count). The molecule has 7 heteroatoms. The van der Waals surface area contributed by atoms with Gasteiger partial charge < -0.3 is 9.47 Å². The van der Waals surface area contributed by atoms with Gasteiger partial charge in [0.1, 0.15) is 6.10 Å². The minimum atomic E-state index is -0.778. The van der Waals surface area contributed by atoms with Crippen LogP contribution in [0, 0.1) is 6.92 Å². The number of ether oxygens (including phenoxy) is 2. The van der Waals surface area contributed by atoms with E-state index in [0.29, 0.717) is 23.2 Å². The van der Waals surface area contributed by atoms with Crippen molar-refractivity contribution in [3.8, 4) is 11.5 Å². The zero-order chi connectivity index (χ0) is 21.4. The quantitative estimate of drug-likeness (QED) is 0.466. The van der Waals surface area contributed by atoms with Crippen LogP contribution in [0.2, 0.25) is 0 Å². The van der Waals surface area contributed by atoms with E-state index in [9.17, 15) is 4.79 Å². The van der Waals surface area contributed by atoms with Crippen molar-refractivity contribution in [2.45, 2.75) is 32.6 Å². The Morgan fingerprint density at radius 3 is 2.61 bits per heavy atom. The summed E-state index contributed by atoms with van der Waals surface area (Å²) in [6.07, 6.45) is 2.26. The topological polar surface area (TPSA) is 64.6 Å². The standard InChI is InChI=1S/C24H21N3O3S/c1-15-7-5-11-20-21(15)26-24(31-20)27(14-17-8-6-12-25-13-17)23(28)22-16(2)29-18-9-3-4-10-19(18)30-22/h3-13,16,22H,14H2,1-2H3. The molecule has 4 aromatic rings. The van der Waals surface area contributed by atoms with Gasteiger partial charge in [-0.05, 0) is 49.2 Å². The van der Waals surface area contributed by atoms with E-state index in [1.165, 1.54) is 11.3 Å². The maximum Gasteiger partial charge on any atom is 0.274 e. The first-order valence-electron chi connectivity index (χ1n) is 10.1. The Morgan fingerprint density at radius 1 is 1.06 bits per heavy atom. The molecule has 0 saturated heterocycles. The molecule has 0 bridgehead atoms. The third-order valence-electron chi connectivity index (χ3n) is 5.26. The lowest BCUT2D eigenvalue weighted by molar-refractivity contribution is -0.130. The van der Waals surface area contributed by atoms with Gasteiger partial charge in [0.05, 0.1) is 16.8 Å². The molecule has 6 nitrogen and oxygen atoms in total. The normalized spacial score (nSPS) is 17.5. The highest BCUT2D eigenvalue weighted by atomic mass is 32.1. The number of fused-ring (bicyclic) bond motifs is 2. The van der Waals surface area contributed by atoms with E-state index >= 15 is 0 Å². The van der Waals surface area contributed by atoms with Crippen LogP contribution < -0.4 is 14.4 Å². The van der Waals surface area contributed by atoms with Crippen LogP contribution in [0.5, 0.6) is 11.5 Å².